The number of hydrogen-bond acceptors (Lipinski definition) is 4. The van der Waals surface area contributed by atoms with Gasteiger partial charge in [-0.25, -0.2) is 8.42 Å². The van der Waals surface area contributed by atoms with E-state index in [9.17, 15) is 18.0 Å². The third kappa shape index (κ3) is 8.52. The molecular formula is C27H38ClN3O4S. The fraction of sp³-hybridized carbons (Fsp3) is 0.481. The Morgan fingerprint density at radius 1 is 1.00 bits per heavy atom. The Balaban J connectivity index is 2.44. The second-order valence-corrected chi connectivity index (χ2v) is 12.7. The van der Waals surface area contributed by atoms with E-state index in [0.29, 0.717) is 17.1 Å². The zero-order valence-electron chi connectivity index (χ0n) is 22.2. The Morgan fingerprint density at radius 3 is 2.00 bits per heavy atom. The van der Waals surface area contributed by atoms with Gasteiger partial charge in [0.25, 0.3) is 0 Å². The van der Waals surface area contributed by atoms with Crippen molar-refractivity contribution in [2.75, 3.05) is 17.1 Å². The summed E-state index contributed by atoms with van der Waals surface area (Å²) in [7, 11) is -3.77. The summed E-state index contributed by atoms with van der Waals surface area (Å²) < 4.78 is 26.5. The molecule has 1 N–H and O–H groups in total. The van der Waals surface area contributed by atoms with Crippen LogP contribution in [0.5, 0.6) is 0 Å². The molecule has 0 saturated carbocycles. The number of nitrogens with zero attached hydrogens (tertiary/aromatic N) is 2. The molecule has 0 aliphatic carbocycles. The maximum Gasteiger partial charge on any atom is 0.244 e. The van der Waals surface area contributed by atoms with E-state index in [1.165, 1.54) is 4.90 Å². The molecular weight excluding hydrogens is 498 g/mol. The summed E-state index contributed by atoms with van der Waals surface area (Å²) >= 11 is 6.02. The van der Waals surface area contributed by atoms with Crippen LogP contribution in [0.25, 0.3) is 0 Å². The molecule has 2 amide bonds. The zero-order chi connectivity index (χ0) is 27.3. The average molecular weight is 536 g/mol. The SMILES string of the molecule is CC[C@H](C(=O)NC(C)(C)C)N(Cc1ccc(Cl)cc1)C(=O)CN(c1ccc(C(C)C)cc1)S(C)(=O)=O. The van der Waals surface area contributed by atoms with E-state index in [1.54, 1.807) is 36.4 Å². The minimum absolute atomic E-state index is 0.135. The number of halogens is 1. The van der Waals surface area contributed by atoms with Crippen LogP contribution in [0.2, 0.25) is 5.02 Å². The number of sulfonamides is 1. The molecule has 2 rings (SSSR count). The molecule has 0 bridgehead atoms. The summed E-state index contributed by atoms with van der Waals surface area (Å²) in [5.74, 6) is -0.479. The normalized spacial score (nSPS) is 12.8. The van der Waals surface area contributed by atoms with Crippen LogP contribution >= 0.6 is 11.6 Å². The molecule has 0 fully saturated rings. The number of carbonyl (C=O) groups is 2. The lowest BCUT2D eigenvalue weighted by molar-refractivity contribution is -0.141. The van der Waals surface area contributed by atoms with Crippen LogP contribution < -0.4 is 9.62 Å². The van der Waals surface area contributed by atoms with Gasteiger partial charge >= 0.3 is 0 Å². The van der Waals surface area contributed by atoms with Crippen molar-refractivity contribution in [2.45, 2.75) is 72.0 Å². The van der Waals surface area contributed by atoms with Crippen molar-refractivity contribution in [1.29, 1.82) is 0 Å². The van der Waals surface area contributed by atoms with Gasteiger partial charge in [0, 0.05) is 17.1 Å². The summed E-state index contributed by atoms with van der Waals surface area (Å²) in [6.45, 7) is 11.3. The number of rotatable bonds is 10. The van der Waals surface area contributed by atoms with Crippen molar-refractivity contribution in [1.82, 2.24) is 10.2 Å². The van der Waals surface area contributed by atoms with E-state index in [1.807, 2.05) is 39.8 Å². The Hall–Kier alpha value is -2.58. The van der Waals surface area contributed by atoms with Crippen molar-refractivity contribution >= 4 is 39.1 Å². The highest BCUT2D eigenvalue weighted by molar-refractivity contribution is 7.92. The van der Waals surface area contributed by atoms with Gasteiger partial charge in [-0.3, -0.25) is 13.9 Å². The maximum absolute atomic E-state index is 13.7. The Morgan fingerprint density at radius 2 is 1.56 bits per heavy atom. The van der Waals surface area contributed by atoms with Crippen molar-refractivity contribution in [2.24, 2.45) is 0 Å². The minimum atomic E-state index is -3.77. The molecule has 0 heterocycles. The molecule has 2 aromatic carbocycles. The van der Waals surface area contributed by atoms with E-state index >= 15 is 0 Å². The topological polar surface area (TPSA) is 86.8 Å². The molecule has 7 nitrogen and oxygen atoms in total. The Labute approximate surface area is 220 Å². The third-order valence-corrected chi connectivity index (χ3v) is 7.07. The van der Waals surface area contributed by atoms with Gasteiger partial charge in [0.05, 0.1) is 11.9 Å². The van der Waals surface area contributed by atoms with E-state index in [-0.39, 0.29) is 18.4 Å². The molecule has 0 aliphatic heterocycles. The lowest BCUT2D eigenvalue weighted by Crippen LogP contribution is -2.55. The van der Waals surface area contributed by atoms with Gasteiger partial charge in [-0.2, -0.15) is 0 Å². The van der Waals surface area contributed by atoms with Crippen LogP contribution in [0, 0.1) is 0 Å². The first-order valence-electron chi connectivity index (χ1n) is 12.1. The summed E-state index contributed by atoms with van der Waals surface area (Å²) in [5, 5.41) is 3.50. The largest absolute Gasteiger partial charge is 0.350 e. The van der Waals surface area contributed by atoms with E-state index in [4.69, 9.17) is 11.6 Å². The summed E-state index contributed by atoms with van der Waals surface area (Å²) in [4.78, 5) is 28.3. The average Bonchev–Trinajstić information content (AvgIpc) is 2.76. The summed E-state index contributed by atoms with van der Waals surface area (Å²) in [6.07, 6.45) is 1.44. The molecule has 9 heteroatoms. The van der Waals surface area contributed by atoms with Gasteiger partial charge < -0.3 is 10.2 Å². The van der Waals surface area contributed by atoms with E-state index in [2.05, 4.69) is 19.2 Å². The Bertz CT molecular complexity index is 1140. The summed E-state index contributed by atoms with van der Waals surface area (Å²) in [5.41, 5.74) is 1.75. The van der Waals surface area contributed by atoms with Crippen LogP contribution in [-0.2, 0) is 26.2 Å². The van der Waals surface area contributed by atoms with Crippen LogP contribution in [0.3, 0.4) is 0 Å². The molecule has 1 atom stereocenters. The second kappa shape index (κ2) is 12.1. The van der Waals surface area contributed by atoms with Gasteiger partial charge in [-0.15, -0.1) is 0 Å². The predicted molar refractivity (Wildman–Crippen MR) is 147 cm³/mol. The lowest BCUT2D eigenvalue weighted by atomic mass is 10.0. The predicted octanol–water partition coefficient (Wildman–Crippen LogP) is 4.95. The van der Waals surface area contributed by atoms with Gasteiger partial charge in [0.1, 0.15) is 12.6 Å². The number of hydrogen-bond donors (Lipinski definition) is 1. The van der Waals surface area contributed by atoms with E-state index in [0.717, 1.165) is 21.7 Å². The molecule has 36 heavy (non-hydrogen) atoms. The van der Waals surface area contributed by atoms with Crippen molar-refractivity contribution in [3.63, 3.8) is 0 Å². The molecule has 0 saturated heterocycles. The highest BCUT2D eigenvalue weighted by Crippen LogP contribution is 2.23. The number of nitrogens with one attached hydrogen (secondary N) is 1. The van der Waals surface area contributed by atoms with Crippen LogP contribution in [-0.4, -0.2) is 49.5 Å². The second-order valence-electron chi connectivity index (χ2n) is 10.3. The van der Waals surface area contributed by atoms with Crippen LogP contribution in [0.15, 0.2) is 48.5 Å². The van der Waals surface area contributed by atoms with Crippen LogP contribution in [0.4, 0.5) is 5.69 Å². The number of carbonyl (C=O) groups excluding carboxylic acids is 2. The minimum Gasteiger partial charge on any atom is -0.350 e. The highest BCUT2D eigenvalue weighted by Gasteiger charge is 2.33. The molecule has 2 aromatic rings. The van der Waals surface area contributed by atoms with Crippen molar-refractivity contribution < 1.29 is 18.0 Å². The lowest BCUT2D eigenvalue weighted by Gasteiger charge is -2.34. The number of anilines is 1. The van der Waals surface area contributed by atoms with Crippen molar-refractivity contribution in [3.05, 3.63) is 64.7 Å². The fourth-order valence-corrected chi connectivity index (χ4v) is 4.77. The van der Waals surface area contributed by atoms with Crippen molar-refractivity contribution in [3.8, 4) is 0 Å². The zero-order valence-corrected chi connectivity index (χ0v) is 23.8. The monoisotopic (exact) mass is 535 g/mol. The Kier molecular flexibility index (Phi) is 9.97. The van der Waals surface area contributed by atoms with Gasteiger partial charge in [-0.05, 0) is 68.5 Å². The fourth-order valence-electron chi connectivity index (χ4n) is 3.80. The first kappa shape index (κ1) is 29.6. The molecule has 0 radical (unpaired) electrons. The van der Waals surface area contributed by atoms with Gasteiger partial charge in [0.2, 0.25) is 21.8 Å². The maximum atomic E-state index is 13.7. The standard InChI is InChI=1S/C27H38ClN3O4S/c1-8-24(26(33)29-27(4,5)6)30(17-20-9-13-22(28)14-10-20)25(32)18-31(36(7,34)35)23-15-11-21(12-16-23)19(2)3/h9-16,19,24H,8,17-18H2,1-7H3,(H,29,33)/t24-/m1/s1. The number of amides is 2. The highest BCUT2D eigenvalue weighted by atomic mass is 35.5. The molecule has 0 spiro atoms. The molecule has 0 unspecified atom stereocenters. The third-order valence-electron chi connectivity index (χ3n) is 5.68. The van der Waals surface area contributed by atoms with Gasteiger partial charge in [-0.1, -0.05) is 56.6 Å². The quantitative estimate of drug-likeness (QED) is 0.466. The molecule has 0 aromatic heterocycles. The number of benzene rings is 2. The first-order valence-corrected chi connectivity index (χ1v) is 14.3. The van der Waals surface area contributed by atoms with Gasteiger partial charge in [0.15, 0.2) is 0 Å². The first-order chi connectivity index (χ1) is 16.6. The smallest absolute Gasteiger partial charge is 0.244 e. The molecule has 0 aliphatic rings. The van der Waals surface area contributed by atoms with Crippen LogP contribution in [0.1, 0.15) is 65.0 Å². The molecule has 198 valence electrons. The van der Waals surface area contributed by atoms with E-state index < -0.39 is 34.1 Å². The summed E-state index contributed by atoms with van der Waals surface area (Å²) in [6, 6.07) is 13.4.